The molecule has 0 unspecified atom stereocenters. The van der Waals surface area contributed by atoms with Crippen molar-refractivity contribution in [3.05, 3.63) is 39.9 Å². The summed E-state index contributed by atoms with van der Waals surface area (Å²) in [5.74, 6) is 0.00705. The molecule has 1 aromatic carbocycles. The number of hydrogen-bond donors (Lipinski definition) is 1. The summed E-state index contributed by atoms with van der Waals surface area (Å²) in [7, 11) is 3.91. The van der Waals surface area contributed by atoms with E-state index in [-0.39, 0.29) is 22.5 Å². The van der Waals surface area contributed by atoms with Crippen LogP contribution >= 0.6 is 0 Å². The molecular weight excluding hydrogens is 282 g/mol. The van der Waals surface area contributed by atoms with E-state index < -0.39 is 0 Å². The van der Waals surface area contributed by atoms with Gasteiger partial charge in [0.05, 0.1) is 6.54 Å². The minimum atomic E-state index is -0.210. The monoisotopic (exact) mass is 301 g/mol. The highest BCUT2D eigenvalue weighted by Crippen LogP contribution is 2.14. The molecule has 0 bridgehead atoms. The minimum absolute atomic E-state index is 0.00705. The molecule has 0 fully saturated rings. The first-order valence-corrected chi connectivity index (χ1v) is 7.04. The fourth-order valence-corrected chi connectivity index (χ4v) is 2.26. The fourth-order valence-electron chi connectivity index (χ4n) is 2.26. The van der Waals surface area contributed by atoms with E-state index in [0.29, 0.717) is 16.0 Å². The number of rotatable bonds is 5. The maximum absolute atomic E-state index is 12.4. The van der Waals surface area contributed by atoms with Crippen molar-refractivity contribution in [2.45, 2.75) is 13.3 Å². The van der Waals surface area contributed by atoms with Crippen molar-refractivity contribution in [1.82, 2.24) is 4.90 Å². The second-order valence-corrected chi connectivity index (χ2v) is 5.47. The molecule has 22 heavy (non-hydrogen) atoms. The third-order valence-electron chi connectivity index (χ3n) is 3.38. The predicted octanol–water partition coefficient (Wildman–Crippen LogP) is 0.650. The van der Waals surface area contributed by atoms with Crippen molar-refractivity contribution in [1.29, 1.82) is 5.26 Å². The van der Waals surface area contributed by atoms with Crippen molar-refractivity contribution < 1.29 is 9.46 Å². The summed E-state index contributed by atoms with van der Waals surface area (Å²) in [6, 6.07) is 6.79. The third-order valence-corrected chi connectivity index (χ3v) is 3.38. The Morgan fingerprint density at radius 2 is 1.95 bits per heavy atom. The lowest BCUT2D eigenvalue weighted by Gasteiger charge is -2.14. The standard InChI is InChI=1S/C15H19N5O2/c1-11-5-6-12-13(9-11)19(21)14(10-16)15(20(12)22)17-7-4-8-18(2)3/h5-6,9,17H,4,7-8H2,1-3H3. The topological polar surface area (TPSA) is 92.9 Å². The number of aromatic nitrogens is 2. The molecule has 116 valence electrons. The molecular formula is C15H19N5O2. The molecule has 0 saturated heterocycles. The Bertz CT molecular complexity index is 737. The zero-order valence-corrected chi connectivity index (χ0v) is 13.0. The van der Waals surface area contributed by atoms with Crippen molar-refractivity contribution in [3.8, 4) is 6.07 Å². The Hall–Kier alpha value is -2.59. The lowest BCUT2D eigenvalue weighted by atomic mass is 10.2. The molecule has 0 aliphatic heterocycles. The first-order valence-electron chi connectivity index (χ1n) is 7.04. The van der Waals surface area contributed by atoms with Crippen molar-refractivity contribution in [2.75, 3.05) is 32.5 Å². The number of nitrogens with zero attached hydrogens (tertiary/aromatic N) is 4. The van der Waals surface area contributed by atoms with E-state index in [0.717, 1.165) is 18.5 Å². The number of fused-ring (bicyclic) bond motifs is 1. The van der Waals surface area contributed by atoms with Gasteiger partial charge in [0.2, 0.25) is 5.52 Å². The van der Waals surface area contributed by atoms with E-state index >= 15 is 0 Å². The van der Waals surface area contributed by atoms with E-state index in [1.807, 2.05) is 32.0 Å². The quantitative estimate of drug-likeness (QED) is 0.497. The van der Waals surface area contributed by atoms with Crippen LogP contribution in [0.1, 0.15) is 17.7 Å². The molecule has 0 saturated carbocycles. The zero-order chi connectivity index (χ0) is 16.3. The van der Waals surface area contributed by atoms with Crippen molar-refractivity contribution in [2.24, 2.45) is 0 Å². The Balaban J connectivity index is 2.43. The normalized spacial score (nSPS) is 10.9. The Kier molecular flexibility index (Phi) is 4.63. The minimum Gasteiger partial charge on any atom is -0.710 e. The molecule has 1 N–H and O–H groups in total. The molecule has 0 aliphatic rings. The largest absolute Gasteiger partial charge is 0.710 e. The smallest absolute Gasteiger partial charge is 0.385 e. The van der Waals surface area contributed by atoms with Crippen LogP contribution in [0.4, 0.5) is 5.82 Å². The van der Waals surface area contributed by atoms with Gasteiger partial charge in [-0.05, 0) is 39.1 Å². The summed E-state index contributed by atoms with van der Waals surface area (Å²) in [4.78, 5) is 2.02. The molecule has 0 atom stereocenters. The number of aryl methyl sites for hydroxylation is 1. The number of nitriles is 1. The van der Waals surface area contributed by atoms with Crippen LogP contribution in [0, 0.1) is 28.7 Å². The third kappa shape index (κ3) is 3.02. The molecule has 0 amide bonds. The van der Waals surface area contributed by atoms with E-state index in [9.17, 15) is 15.7 Å². The maximum atomic E-state index is 12.4. The average Bonchev–Trinajstić information content (AvgIpc) is 2.48. The van der Waals surface area contributed by atoms with Gasteiger partial charge in [-0.2, -0.15) is 5.26 Å². The van der Waals surface area contributed by atoms with Gasteiger partial charge < -0.3 is 15.3 Å². The summed E-state index contributed by atoms with van der Waals surface area (Å²) < 4.78 is 1.14. The van der Waals surface area contributed by atoms with Gasteiger partial charge in [0, 0.05) is 12.6 Å². The summed E-state index contributed by atoms with van der Waals surface area (Å²) in [6.07, 6.45) is 0.794. The van der Waals surface area contributed by atoms with Gasteiger partial charge >= 0.3 is 11.5 Å². The molecule has 0 radical (unpaired) electrons. The van der Waals surface area contributed by atoms with Gasteiger partial charge in [0.1, 0.15) is 0 Å². The van der Waals surface area contributed by atoms with E-state index in [4.69, 9.17) is 0 Å². The average molecular weight is 301 g/mol. The van der Waals surface area contributed by atoms with Crippen molar-refractivity contribution >= 4 is 16.9 Å². The molecule has 2 aromatic rings. The number of anilines is 1. The Labute approximate surface area is 129 Å². The van der Waals surface area contributed by atoms with Crippen LogP contribution in [0.25, 0.3) is 11.0 Å². The molecule has 2 rings (SSSR count). The lowest BCUT2D eigenvalue weighted by molar-refractivity contribution is -0.620. The first-order chi connectivity index (χ1) is 10.5. The Morgan fingerprint density at radius 1 is 1.23 bits per heavy atom. The van der Waals surface area contributed by atoms with Crippen LogP contribution in [0.15, 0.2) is 18.2 Å². The van der Waals surface area contributed by atoms with E-state index in [2.05, 4.69) is 5.32 Å². The van der Waals surface area contributed by atoms with Gasteiger partial charge in [-0.3, -0.25) is 5.32 Å². The SMILES string of the molecule is Cc1ccc2c(c1)[n+]([O-])c(C#N)c(NCCCN(C)C)[n+]2[O-]. The zero-order valence-electron chi connectivity index (χ0n) is 13.0. The van der Waals surface area contributed by atoms with Crippen LogP contribution in [0.3, 0.4) is 0 Å². The van der Waals surface area contributed by atoms with Crippen LogP contribution in [0.5, 0.6) is 0 Å². The number of benzene rings is 1. The van der Waals surface area contributed by atoms with Crippen LogP contribution in [0.2, 0.25) is 0 Å². The fraction of sp³-hybridized carbons (Fsp3) is 0.400. The van der Waals surface area contributed by atoms with Crippen LogP contribution in [-0.4, -0.2) is 32.1 Å². The molecule has 7 heteroatoms. The second kappa shape index (κ2) is 6.45. The predicted molar refractivity (Wildman–Crippen MR) is 83.0 cm³/mol. The van der Waals surface area contributed by atoms with Crippen LogP contribution < -0.4 is 14.8 Å². The van der Waals surface area contributed by atoms with Crippen LogP contribution in [-0.2, 0) is 0 Å². The lowest BCUT2D eigenvalue weighted by Crippen LogP contribution is -2.44. The Morgan fingerprint density at radius 3 is 2.59 bits per heavy atom. The highest BCUT2D eigenvalue weighted by Gasteiger charge is 2.26. The molecule has 1 heterocycles. The highest BCUT2D eigenvalue weighted by molar-refractivity contribution is 5.70. The summed E-state index contributed by atoms with van der Waals surface area (Å²) >= 11 is 0. The number of nitrogens with one attached hydrogen (secondary N) is 1. The number of hydrogen-bond acceptors (Lipinski definition) is 5. The van der Waals surface area contributed by atoms with Gasteiger partial charge in [-0.25, -0.2) is 4.73 Å². The summed E-state index contributed by atoms with van der Waals surface area (Å²) in [5, 5.41) is 36.9. The van der Waals surface area contributed by atoms with Gasteiger partial charge in [0.25, 0.3) is 5.52 Å². The molecule has 0 spiro atoms. The summed E-state index contributed by atoms with van der Waals surface area (Å²) in [6.45, 7) is 3.18. The summed E-state index contributed by atoms with van der Waals surface area (Å²) in [5.41, 5.74) is 1.09. The van der Waals surface area contributed by atoms with Gasteiger partial charge in [-0.15, -0.1) is 4.73 Å². The molecule has 1 aromatic heterocycles. The first kappa shape index (κ1) is 15.8. The highest BCUT2D eigenvalue weighted by atomic mass is 16.5. The van der Waals surface area contributed by atoms with E-state index in [1.54, 1.807) is 18.2 Å². The molecule has 0 aliphatic carbocycles. The van der Waals surface area contributed by atoms with E-state index in [1.165, 1.54) is 0 Å². The maximum Gasteiger partial charge on any atom is 0.385 e. The second-order valence-electron chi connectivity index (χ2n) is 5.47. The van der Waals surface area contributed by atoms with Gasteiger partial charge in [-0.1, -0.05) is 6.07 Å². The molecule has 7 nitrogen and oxygen atoms in total. The van der Waals surface area contributed by atoms with Gasteiger partial charge in [0.15, 0.2) is 6.07 Å². The van der Waals surface area contributed by atoms with Crippen molar-refractivity contribution in [3.63, 3.8) is 0 Å².